The van der Waals surface area contributed by atoms with Crippen LogP contribution in [0.1, 0.15) is 13.3 Å². The summed E-state index contributed by atoms with van der Waals surface area (Å²) < 4.78 is 4.65. The first kappa shape index (κ1) is 10.0. The number of carbonyl (C=O) groups is 2. The molecule has 0 aliphatic carbocycles. The zero-order valence-corrected chi connectivity index (χ0v) is 7.88. The maximum absolute atomic E-state index is 10.7. The molecule has 58 valence electrons. The van der Waals surface area contributed by atoms with Crippen molar-refractivity contribution in [1.29, 1.82) is 0 Å². The SMILES string of the molecule is CCOCC(=O)CC(=O)I. The highest BCUT2D eigenvalue weighted by Gasteiger charge is 2.04. The summed E-state index contributed by atoms with van der Waals surface area (Å²) in [5.41, 5.74) is 0. The molecule has 0 atom stereocenters. The van der Waals surface area contributed by atoms with Crippen molar-refractivity contribution in [2.75, 3.05) is 13.2 Å². The molecule has 0 bridgehead atoms. The van der Waals surface area contributed by atoms with Crippen molar-refractivity contribution in [3.05, 3.63) is 0 Å². The highest BCUT2D eigenvalue weighted by atomic mass is 127. The Labute approximate surface area is 73.3 Å². The van der Waals surface area contributed by atoms with Gasteiger partial charge in [-0.1, -0.05) is 0 Å². The van der Waals surface area contributed by atoms with Crippen molar-refractivity contribution in [3.63, 3.8) is 0 Å². The molecule has 10 heavy (non-hydrogen) atoms. The van der Waals surface area contributed by atoms with Crippen molar-refractivity contribution >= 4 is 32.2 Å². The van der Waals surface area contributed by atoms with Crippen LogP contribution >= 0.6 is 22.6 Å². The molecule has 0 radical (unpaired) electrons. The number of halogens is 1. The first-order valence-electron chi connectivity index (χ1n) is 2.94. The van der Waals surface area contributed by atoms with Gasteiger partial charge < -0.3 is 4.74 Å². The molecule has 0 amide bonds. The largest absolute Gasteiger partial charge is 0.374 e. The molecule has 0 spiro atoms. The van der Waals surface area contributed by atoms with E-state index in [4.69, 9.17) is 4.74 Å². The van der Waals surface area contributed by atoms with Crippen LogP contribution in [0.5, 0.6) is 0 Å². The van der Waals surface area contributed by atoms with Crippen molar-refractivity contribution < 1.29 is 14.3 Å². The van der Waals surface area contributed by atoms with Crippen LogP contribution in [0.4, 0.5) is 0 Å². The maximum Gasteiger partial charge on any atom is 0.199 e. The minimum Gasteiger partial charge on any atom is -0.374 e. The molecule has 4 heteroatoms. The van der Waals surface area contributed by atoms with Crippen molar-refractivity contribution in [2.24, 2.45) is 0 Å². The van der Waals surface area contributed by atoms with E-state index in [1.165, 1.54) is 0 Å². The number of carbonyl (C=O) groups excluding carboxylic acids is 2. The van der Waals surface area contributed by atoms with Crippen molar-refractivity contribution in [1.82, 2.24) is 0 Å². The highest BCUT2D eigenvalue weighted by molar-refractivity contribution is 14.1. The average Bonchev–Trinajstić information content (AvgIpc) is 1.82. The summed E-state index contributed by atoms with van der Waals surface area (Å²) in [6, 6.07) is 0. The molecule has 0 aromatic carbocycles. The van der Waals surface area contributed by atoms with E-state index in [0.717, 1.165) is 0 Å². The fourth-order valence-electron chi connectivity index (χ4n) is 0.422. The summed E-state index contributed by atoms with van der Waals surface area (Å²) in [6.07, 6.45) is -0.0133. The molecule has 0 N–H and O–H groups in total. The molecule has 0 fully saturated rings. The molecule has 3 nitrogen and oxygen atoms in total. The Morgan fingerprint density at radius 1 is 1.50 bits per heavy atom. The number of rotatable bonds is 5. The lowest BCUT2D eigenvalue weighted by Crippen LogP contribution is -2.10. The van der Waals surface area contributed by atoms with E-state index in [1.54, 1.807) is 29.5 Å². The summed E-state index contributed by atoms with van der Waals surface area (Å²) in [6.45, 7) is 2.38. The van der Waals surface area contributed by atoms with Gasteiger partial charge in [-0.3, -0.25) is 9.59 Å². The van der Waals surface area contributed by atoms with Gasteiger partial charge >= 0.3 is 0 Å². The number of hydrogen-bond donors (Lipinski definition) is 0. The molecule has 0 aromatic heterocycles. The van der Waals surface area contributed by atoms with Crippen LogP contribution < -0.4 is 0 Å². The number of Topliss-reactive ketones (excluding diaryl/α,β-unsaturated/α-hetero) is 1. The zero-order chi connectivity index (χ0) is 7.98. The van der Waals surface area contributed by atoms with Crippen LogP contribution in [-0.2, 0) is 14.3 Å². The Bertz CT molecular complexity index is 133. The van der Waals surface area contributed by atoms with E-state index in [2.05, 4.69) is 0 Å². The van der Waals surface area contributed by atoms with Gasteiger partial charge in [-0.05, 0) is 6.92 Å². The van der Waals surface area contributed by atoms with Gasteiger partial charge in [0.2, 0.25) is 0 Å². The third kappa shape index (κ3) is 6.15. The van der Waals surface area contributed by atoms with E-state index in [1.807, 2.05) is 0 Å². The second kappa shape index (κ2) is 5.79. The Morgan fingerprint density at radius 3 is 2.50 bits per heavy atom. The van der Waals surface area contributed by atoms with Gasteiger partial charge in [0.05, 0.1) is 6.42 Å². The van der Waals surface area contributed by atoms with E-state index in [-0.39, 0.29) is 22.6 Å². The fraction of sp³-hybridized carbons (Fsp3) is 0.667. The van der Waals surface area contributed by atoms with E-state index in [9.17, 15) is 9.59 Å². The smallest absolute Gasteiger partial charge is 0.199 e. The molecular formula is C6H9IO3. The summed E-state index contributed by atoms with van der Waals surface area (Å²) >= 11 is 1.59. The van der Waals surface area contributed by atoms with Gasteiger partial charge in [-0.2, -0.15) is 0 Å². The summed E-state index contributed by atoms with van der Waals surface area (Å²) in [4.78, 5) is 21.0. The van der Waals surface area contributed by atoms with E-state index in [0.29, 0.717) is 6.61 Å². The highest BCUT2D eigenvalue weighted by Crippen LogP contribution is 1.94. The van der Waals surface area contributed by atoms with E-state index >= 15 is 0 Å². The number of hydrogen-bond acceptors (Lipinski definition) is 3. The Hall–Kier alpha value is 0.0300. The van der Waals surface area contributed by atoms with Gasteiger partial charge in [-0.15, -0.1) is 0 Å². The zero-order valence-electron chi connectivity index (χ0n) is 5.72. The Kier molecular flexibility index (Phi) is 5.81. The lowest BCUT2D eigenvalue weighted by Gasteiger charge is -1.95. The topological polar surface area (TPSA) is 43.4 Å². The molecule has 0 unspecified atom stereocenters. The molecule has 0 saturated carbocycles. The minimum atomic E-state index is -0.152. The minimum absolute atomic E-state index is 0.0133. The first-order chi connectivity index (χ1) is 4.66. The van der Waals surface area contributed by atoms with Crippen LogP contribution in [0.25, 0.3) is 0 Å². The second-order valence-corrected chi connectivity index (χ2v) is 2.91. The molecule has 0 aromatic rings. The second-order valence-electron chi connectivity index (χ2n) is 1.71. The van der Waals surface area contributed by atoms with Gasteiger partial charge in [0.15, 0.2) is 9.57 Å². The fourth-order valence-corrected chi connectivity index (χ4v) is 0.847. The normalized spacial score (nSPS) is 9.40. The van der Waals surface area contributed by atoms with Gasteiger partial charge in [0.25, 0.3) is 0 Å². The summed E-state index contributed by atoms with van der Waals surface area (Å²) in [7, 11) is 0. The number of ketones is 1. The molecular weight excluding hydrogens is 247 g/mol. The Morgan fingerprint density at radius 2 is 2.10 bits per heavy atom. The third-order valence-corrected chi connectivity index (χ3v) is 1.18. The van der Waals surface area contributed by atoms with Crippen LogP contribution in [0.3, 0.4) is 0 Å². The monoisotopic (exact) mass is 256 g/mol. The molecule has 0 aliphatic heterocycles. The standard InChI is InChI=1S/C6H9IO3/c1-2-10-4-5(8)3-6(7)9/h2-4H2,1H3. The molecule has 0 rings (SSSR count). The molecule has 0 saturated heterocycles. The number of ether oxygens (including phenoxy) is 1. The quantitative estimate of drug-likeness (QED) is 0.417. The van der Waals surface area contributed by atoms with Crippen LogP contribution in [-0.4, -0.2) is 22.8 Å². The van der Waals surface area contributed by atoms with Crippen LogP contribution in [0.15, 0.2) is 0 Å². The maximum atomic E-state index is 10.7. The first-order valence-corrected chi connectivity index (χ1v) is 4.02. The predicted molar refractivity (Wildman–Crippen MR) is 45.1 cm³/mol. The molecule has 0 aliphatic rings. The average molecular weight is 256 g/mol. The van der Waals surface area contributed by atoms with Crippen molar-refractivity contribution in [3.8, 4) is 0 Å². The Balaban J connectivity index is 3.35. The summed E-state index contributed by atoms with van der Waals surface area (Å²) in [5.74, 6) is -0.152. The van der Waals surface area contributed by atoms with E-state index < -0.39 is 0 Å². The van der Waals surface area contributed by atoms with Gasteiger partial charge in [0.1, 0.15) is 6.61 Å². The third-order valence-electron chi connectivity index (χ3n) is 0.803. The van der Waals surface area contributed by atoms with Gasteiger partial charge in [-0.25, -0.2) is 0 Å². The lowest BCUT2D eigenvalue weighted by atomic mass is 10.3. The summed E-state index contributed by atoms with van der Waals surface area (Å²) in [5, 5.41) is 0. The lowest BCUT2D eigenvalue weighted by molar-refractivity contribution is -0.126. The predicted octanol–water partition coefficient (Wildman–Crippen LogP) is 0.944. The van der Waals surface area contributed by atoms with Gasteiger partial charge in [0, 0.05) is 29.2 Å². The van der Waals surface area contributed by atoms with Crippen molar-refractivity contribution in [2.45, 2.75) is 13.3 Å². The van der Waals surface area contributed by atoms with Crippen LogP contribution in [0.2, 0.25) is 0 Å². The van der Waals surface area contributed by atoms with Crippen LogP contribution in [0, 0.1) is 0 Å². The molecule has 0 heterocycles.